The van der Waals surface area contributed by atoms with Crippen molar-refractivity contribution in [3.8, 4) is 0 Å². The van der Waals surface area contributed by atoms with Crippen molar-refractivity contribution >= 4 is 21.0 Å². The van der Waals surface area contributed by atoms with Crippen molar-refractivity contribution < 1.29 is 26.1 Å². The lowest BCUT2D eigenvalue weighted by molar-refractivity contribution is -0.136. The molecule has 0 atom stereocenters. The summed E-state index contributed by atoms with van der Waals surface area (Å²) in [6.07, 6.45) is -3.05. The Labute approximate surface area is 131 Å². The molecule has 23 heavy (non-hydrogen) atoms. The van der Waals surface area contributed by atoms with E-state index in [1.165, 1.54) is 0 Å². The van der Waals surface area contributed by atoms with Crippen LogP contribution in [0.3, 0.4) is 0 Å². The Morgan fingerprint density at radius 1 is 1.26 bits per heavy atom. The predicted octanol–water partition coefficient (Wildman–Crippen LogP) is 2.93. The molecule has 9 heteroatoms. The third-order valence-corrected chi connectivity index (χ3v) is 5.38. The molecular weight excluding hydrogens is 333 g/mol. The predicted molar refractivity (Wildman–Crippen MR) is 77.0 cm³/mol. The highest BCUT2D eigenvalue weighted by Crippen LogP contribution is 2.32. The van der Waals surface area contributed by atoms with Crippen LogP contribution in [0.2, 0.25) is 0 Å². The highest BCUT2D eigenvalue weighted by atomic mass is 32.2. The van der Waals surface area contributed by atoms with Crippen molar-refractivity contribution in [1.29, 1.82) is 0 Å². The van der Waals surface area contributed by atoms with Crippen LogP contribution in [0.4, 0.5) is 13.2 Å². The molecule has 1 aliphatic carbocycles. The van der Waals surface area contributed by atoms with Gasteiger partial charge in [-0.25, -0.2) is 8.42 Å². The van der Waals surface area contributed by atoms with Gasteiger partial charge in [0.05, 0.1) is 0 Å². The molecule has 0 unspecified atom stereocenters. The van der Waals surface area contributed by atoms with Crippen LogP contribution in [0, 0.1) is 5.92 Å². The summed E-state index contributed by atoms with van der Waals surface area (Å²) in [6, 6.07) is 6.64. The van der Waals surface area contributed by atoms with Gasteiger partial charge in [-0.2, -0.15) is 17.5 Å². The second-order valence-electron chi connectivity index (χ2n) is 5.73. The van der Waals surface area contributed by atoms with E-state index >= 15 is 0 Å². The Bertz CT molecular complexity index is 797. The van der Waals surface area contributed by atoms with Gasteiger partial charge in [-0.05, 0) is 30.9 Å². The van der Waals surface area contributed by atoms with E-state index in [2.05, 4.69) is 5.16 Å². The van der Waals surface area contributed by atoms with Crippen LogP contribution < -0.4 is 0 Å². The first-order valence-corrected chi connectivity index (χ1v) is 8.73. The number of sulfonamides is 1. The summed E-state index contributed by atoms with van der Waals surface area (Å²) >= 11 is 0. The van der Waals surface area contributed by atoms with Crippen LogP contribution in [0.1, 0.15) is 18.5 Å². The van der Waals surface area contributed by atoms with Crippen LogP contribution >= 0.6 is 0 Å². The van der Waals surface area contributed by atoms with Crippen molar-refractivity contribution in [2.45, 2.75) is 24.8 Å². The van der Waals surface area contributed by atoms with E-state index in [4.69, 9.17) is 4.52 Å². The summed E-state index contributed by atoms with van der Waals surface area (Å²) in [7, 11) is -4.13. The minimum absolute atomic E-state index is 0.0150. The molecule has 0 N–H and O–H groups in total. The molecule has 2 aromatic rings. The molecule has 1 aromatic carbocycles. The van der Waals surface area contributed by atoms with Crippen molar-refractivity contribution in [1.82, 2.24) is 9.46 Å². The van der Waals surface area contributed by atoms with E-state index in [0.29, 0.717) is 15.3 Å². The van der Waals surface area contributed by atoms with Crippen LogP contribution in [0.5, 0.6) is 0 Å². The molecule has 1 aliphatic rings. The zero-order chi connectivity index (χ0) is 16.7. The minimum Gasteiger partial charge on any atom is -0.356 e. The molecule has 0 saturated heterocycles. The summed E-state index contributed by atoms with van der Waals surface area (Å²) < 4.78 is 68.5. The molecule has 0 spiro atoms. The number of hydrogen-bond donors (Lipinski definition) is 0. The number of para-hydroxylation sites is 1. The number of nitrogens with zero attached hydrogens (tertiary/aromatic N) is 2. The molecule has 5 nitrogen and oxygen atoms in total. The van der Waals surface area contributed by atoms with Gasteiger partial charge in [0.15, 0.2) is 5.58 Å². The van der Waals surface area contributed by atoms with Gasteiger partial charge >= 0.3 is 6.18 Å². The van der Waals surface area contributed by atoms with E-state index in [-0.39, 0.29) is 18.2 Å². The minimum atomic E-state index is -4.58. The Hall–Kier alpha value is -1.61. The normalized spacial score (nSPS) is 16.3. The summed E-state index contributed by atoms with van der Waals surface area (Å²) in [5.74, 6) is -0.589. The fourth-order valence-electron chi connectivity index (χ4n) is 2.37. The smallest absolute Gasteiger partial charge is 0.356 e. The van der Waals surface area contributed by atoms with Gasteiger partial charge in [-0.1, -0.05) is 17.3 Å². The SMILES string of the molecule is O=S(=O)(Cc1noc2ccccc12)N(CC1CC1)CC(F)(F)F. The fraction of sp³-hybridized carbons (Fsp3) is 0.500. The molecule has 3 rings (SSSR count). The number of rotatable bonds is 6. The Kier molecular flexibility index (Phi) is 4.09. The summed E-state index contributed by atoms with van der Waals surface area (Å²) in [6.45, 7) is -1.57. The molecule has 1 fully saturated rings. The second-order valence-corrected chi connectivity index (χ2v) is 7.70. The zero-order valence-electron chi connectivity index (χ0n) is 12.1. The van der Waals surface area contributed by atoms with Crippen molar-refractivity contribution in [3.63, 3.8) is 0 Å². The largest absolute Gasteiger partial charge is 0.402 e. The number of aromatic nitrogens is 1. The summed E-state index contributed by atoms with van der Waals surface area (Å²) in [4.78, 5) is 0. The van der Waals surface area contributed by atoms with E-state index < -0.39 is 28.5 Å². The third-order valence-electron chi connectivity index (χ3n) is 3.68. The average molecular weight is 348 g/mol. The van der Waals surface area contributed by atoms with Gasteiger partial charge in [-0.3, -0.25) is 0 Å². The topological polar surface area (TPSA) is 63.4 Å². The second kappa shape index (κ2) is 5.79. The van der Waals surface area contributed by atoms with Gasteiger partial charge in [0, 0.05) is 11.9 Å². The quantitative estimate of drug-likeness (QED) is 0.805. The maximum Gasteiger partial charge on any atom is 0.402 e. The molecule has 0 radical (unpaired) electrons. The molecule has 126 valence electrons. The third kappa shape index (κ3) is 4.03. The number of hydrogen-bond acceptors (Lipinski definition) is 4. The number of benzene rings is 1. The molecule has 1 aromatic heterocycles. The van der Waals surface area contributed by atoms with Crippen LogP contribution in [-0.4, -0.2) is 37.1 Å². The van der Waals surface area contributed by atoms with Crippen molar-refractivity contribution in [2.75, 3.05) is 13.1 Å². The summed E-state index contributed by atoms with van der Waals surface area (Å²) in [5.41, 5.74) is 0.533. The lowest BCUT2D eigenvalue weighted by Gasteiger charge is -2.22. The first-order valence-electron chi connectivity index (χ1n) is 7.12. The lowest BCUT2D eigenvalue weighted by atomic mass is 10.2. The molecule has 0 bridgehead atoms. The van der Waals surface area contributed by atoms with Crippen molar-refractivity contribution in [3.05, 3.63) is 30.0 Å². The van der Waals surface area contributed by atoms with Gasteiger partial charge in [-0.15, -0.1) is 0 Å². The van der Waals surface area contributed by atoms with E-state index in [0.717, 1.165) is 12.8 Å². The molecular formula is C14H15F3N2O3S. The van der Waals surface area contributed by atoms with E-state index in [1.54, 1.807) is 24.3 Å². The van der Waals surface area contributed by atoms with Crippen LogP contribution in [0.25, 0.3) is 11.0 Å². The lowest BCUT2D eigenvalue weighted by Crippen LogP contribution is -2.40. The zero-order valence-corrected chi connectivity index (χ0v) is 12.9. The first-order chi connectivity index (χ1) is 10.7. The Balaban J connectivity index is 1.85. The summed E-state index contributed by atoms with van der Waals surface area (Å²) in [5, 5.41) is 4.19. The average Bonchev–Trinajstić information content (AvgIpc) is 3.18. The molecule has 1 saturated carbocycles. The van der Waals surface area contributed by atoms with E-state index in [9.17, 15) is 21.6 Å². The van der Waals surface area contributed by atoms with Crippen LogP contribution in [-0.2, 0) is 15.8 Å². The maximum absolute atomic E-state index is 12.7. The van der Waals surface area contributed by atoms with Crippen LogP contribution in [0.15, 0.2) is 28.8 Å². The Morgan fingerprint density at radius 2 is 1.96 bits per heavy atom. The fourth-order valence-corrected chi connectivity index (χ4v) is 3.89. The van der Waals surface area contributed by atoms with Gasteiger partial charge in [0.2, 0.25) is 10.0 Å². The van der Waals surface area contributed by atoms with E-state index in [1.807, 2.05) is 0 Å². The van der Waals surface area contributed by atoms with Gasteiger partial charge in [0.1, 0.15) is 18.0 Å². The Morgan fingerprint density at radius 3 is 2.61 bits per heavy atom. The number of fused-ring (bicyclic) bond motifs is 1. The highest BCUT2D eigenvalue weighted by molar-refractivity contribution is 7.88. The molecule has 0 aliphatic heterocycles. The number of halogens is 3. The maximum atomic E-state index is 12.7. The van der Waals surface area contributed by atoms with Gasteiger partial charge < -0.3 is 4.52 Å². The molecule has 1 heterocycles. The molecule has 0 amide bonds. The van der Waals surface area contributed by atoms with Gasteiger partial charge in [0.25, 0.3) is 0 Å². The first kappa shape index (κ1) is 16.3. The van der Waals surface area contributed by atoms with Crippen molar-refractivity contribution in [2.24, 2.45) is 5.92 Å². The standard InChI is InChI=1S/C14H15F3N2O3S/c15-14(16,17)9-19(7-10-5-6-10)23(20,21)8-12-11-3-1-2-4-13(11)22-18-12/h1-4,10H,5-9H2. The number of alkyl halides is 3. The monoisotopic (exact) mass is 348 g/mol. The highest BCUT2D eigenvalue weighted by Gasteiger charge is 2.39.